The van der Waals surface area contributed by atoms with Crippen molar-refractivity contribution in [3.63, 3.8) is 0 Å². The zero-order valence-corrected chi connectivity index (χ0v) is 14.9. The van der Waals surface area contributed by atoms with E-state index in [-0.39, 0.29) is 24.3 Å². The molecule has 2 amide bonds. The van der Waals surface area contributed by atoms with E-state index in [0.29, 0.717) is 24.3 Å². The maximum Gasteiger partial charge on any atom is 0.258 e. The van der Waals surface area contributed by atoms with Crippen LogP contribution < -0.4 is 15.4 Å². The van der Waals surface area contributed by atoms with E-state index in [4.69, 9.17) is 4.74 Å². The van der Waals surface area contributed by atoms with Crippen LogP contribution in [0.5, 0.6) is 5.75 Å². The molecule has 5 nitrogen and oxygen atoms in total. The lowest BCUT2D eigenvalue weighted by atomic mass is 9.82. The van der Waals surface area contributed by atoms with Gasteiger partial charge in [-0.1, -0.05) is 31.9 Å². The van der Waals surface area contributed by atoms with Crippen LogP contribution in [0.25, 0.3) is 0 Å². The van der Waals surface area contributed by atoms with Crippen LogP contribution in [0.4, 0.5) is 0 Å². The molecule has 0 aliphatic heterocycles. The minimum atomic E-state index is -0.0763. The second-order valence-electron chi connectivity index (χ2n) is 7.46. The molecule has 0 spiro atoms. The van der Waals surface area contributed by atoms with Crippen LogP contribution in [-0.2, 0) is 16.1 Å². The molecule has 25 heavy (non-hydrogen) atoms. The van der Waals surface area contributed by atoms with Gasteiger partial charge in [-0.15, -0.1) is 0 Å². The minimum Gasteiger partial charge on any atom is -0.484 e. The highest BCUT2D eigenvalue weighted by molar-refractivity contribution is 5.79. The number of nitrogens with one attached hydrogen (secondary N) is 2. The molecule has 136 valence electrons. The van der Waals surface area contributed by atoms with E-state index in [2.05, 4.69) is 17.6 Å². The number of hydrogen-bond acceptors (Lipinski definition) is 3. The van der Waals surface area contributed by atoms with Crippen molar-refractivity contribution in [1.29, 1.82) is 0 Å². The third-order valence-corrected chi connectivity index (χ3v) is 4.98. The van der Waals surface area contributed by atoms with Crippen LogP contribution in [0.1, 0.15) is 51.0 Å². The largest absolute Gasteiger partial charge is 0.484 e. The van der Waals surface area contributed by atoms with Gasteiger partial charge in [0.2, 0.25) is 5.91 Å². The number of ether oxygens (including phenoxy) is 1. The summed E-state index contributed by atoms with van der Waals surface area (Å²) in [6, 6.07) is 7.91. The standard InChI is InChI=1S/C20H28N2O3/c1-14-4-2-6-16(10-14)20(24)21-12-15-5-3-7-18(11-15)25-13-19(23)22-17-8-9-17/h3,5,7,11,14,16-17H,2,4,6,8-10,12-13H2,1H3,(H,21,24)(H,22,23)/t14-,16+/m0/s1. The highest BCUT2D eigenvalue weighted by Gasteiger charge is 2.25. The van der Waals surface area contributed by atoms with Crippen LogP contribution in [0.15, 0.2) is 24.3 Å². The predicted octanol–water partition coefficient (Wildman–Crippen LogP) is 2.79. The predicted molar refractivity (Wildman–Crippen MR) is 96.1 cm³/mol. The van der Waals surface area contributed by atoms with Crippen LogP contribution in [0, 0.1) is 11.8 Å². The fourth-order valence-electron chi connectivity index (χ4n) is 3.40. The number of carbonyl (C=O) groups excluding carboxylic acids is 2. The molecule has 3 rings (SSSR count). The number of benzene rings is 1. The zero-order chi connectivity index (χ0) is 17.6. The molecule has 0 unspecified atom stereocenters. The lowest BCUT2D eigenvalue weighted by Gasteiger charge is -2.25. The van der Waals surface area contributed by atoms with Crippen molar-refractivity contribution >= 4 is 11.8 Å². The summed E-state index contributed by atoms with van der Waals surface area (Å²) >= 11 is 0. The Bertz CT molecular complexity index is 613. The van der Waals surface area contributed by atoms with E-state index in [1.165, 1.54) is 6.42 Å². The molecule has 1 aromatic rings. The van der Waals surface area contributed by atoms with Gasteiger partial charge in [-0.05, 0) is 49.3 Å². The van der Waals surface area contributed by atoms with Gasteiger partial charge in [0.1, 0.15) is 5.75 Å². The minimum absolute atomic E-state index is 0.0340. The molecule has 2 saturated carbocycles. The maximum absolute atomic E-state index is 12.3. The molecule has 2 atom stereocenters. The molecule has 0 radical (unpaired) electrons. The first-order valence-corrected chi connectivity index (χ1v) is 9.39. The van der Waals surface area contributed by atoms with Crippen LogP contribution >= 0.6 is 0 Å². The van der Waals surface area contributed by atoms with E-state index in [1.807, 2.05) is 24.3 Å². The second-order valence-corrected chi connectivity index (χ2v) is 7.46. The molecule has 0 heterocycles. The Labute approximate surface area is 149 Å². The maximum atomic E-state index is 12.3. The molecular formula is C20H28N2O3. The van der Waals surface area contributed by atoms with Gasteiger partial charge < -0.3 is 15.4 Å². The first-order valence-electron chi connectivity index (χ1n) is 9.39. The number of carbonyl (C=O) groups is 2. The van der Waals surface area contributed by atoms with Crippen molar-refractivity contribution in [1.82, 2.24) is 10.6 Å². The van der Waals surface area contributed by atoms with E-state index in [1.54, 1.807) is 0 Å². The van der Waals surface area contributed by atoms with Gasteiger partial charge in [0.25, 0.3) is 5.91 Å². The van der Waals surface area contributed by atoms with Gasteiger partial charge in [0, 0.05) is 18.5 Å². The normalized spacial score (nSPS) is 22.9. The van der Waals surface area contributed by atoms with E-state index >= 15 is 0 Å². The summed E-state index contributed by atoms with van der Waals surface area (Å²) in [5.41, 5.74) is 0.984. The summed E-state index contributed by atoms with van der Waals surface area (Å²) in [4.78, 5) is 24.0. The number of hydrogen-bond donors (Lipinski definition) is 2. The molecule has 1 aromatic carbocycles. The van der Waals surface area contributed by atoms with Crippen LogP contribution in [0.3, 0.4) is 0 Å². The molecule has 0 bridgehead atoms. The molecule has 2 aliphatic rings. The Morgan fingerprint density at radius 2 is 2.04 bits per heavy atom. The van der Waals surface area contributed by atoms with Gasteiger partial charge in [-0.3, -0.25) is 9.59 Å². The van der Waals surface area contributed by atoms with Gasteiger partial charge in [-0.25, -0.2) is 0 Å². The fraction of sp³-hybridized carbons (Fsp3) is 0.600. The Balaban J connectivity index is 1.44. The molecular weight excluding hydrogens is 316 g/mol. The quantitative estimate of drug-likeness (QED) is 0.799. The fourth-order valence-corrected chi connectivity index (χ4v) is 3.40. The molecule has 0 aromatic heterocycles. The van der Waals surface area contributed by atoms with Crippen molar-refractivity contribution in [2.45, 2.75) is 58.0 Å². The third kappa shape index (κ3) is 5.76. The lowest BCUT2D eigenvalue weighted by molar-refractivity contribution is -0.126. The van der Waals surface area contributed by atoms with Crippen molar-refractivity contribution in [3.05, 3.63) is 29.8 Å². The number of rotatable bonds is 7. The van der Waals surface area contributed by atoms with Crippen molar-refractivity contribution < 1.29 is 14.3 Å². The highest BCUT2D eigenvalue weighted by atomic mass is 16.5. The molecule has 2 aliphatic carbocycles. The van der Waals surface area contributed by atoms with Crippen molar-refractivity contribution in [2.24, 2.45) is 11.8 Å². The second kappa shape index (κ2) is 8.37. The molecule has 2 N–H and O–H groups in total. The lowest BCUT2D eigenvalue weighted by Crippen LogP contribution is -2.33. The van der Waals surface area contributed by atoms with Crippen molar-refractivity contribution in [3.8, 4) is 5.75 Å². The average Bonchev–Trinajstić information content (AvgIpc) is 3.42. The zero-order valence-electron chi connectivity index (χ0n) is 14.9. The first kappa shape index (κ1) is 17.8. The Kier molecular flexibility index (Phi) is 5.95. The first-order chi connectivity index (χ1) is 12.1. The van der Waals surface area contributed by atoms with Crippen LogP contribution in [-0.4, -0.2) is 24.5 Å². The van der Waals surface area contributed by atoms with Gasteiger partial charge in [0.15, 0.2) is 6.61 Å². The summed E-state index contributed by atoms with van der Waals surface area (Å²) < 4.78 is 5.55. The van der Waals surface area contributed by atoms with E-state index in [0.717, 1.165) is 37.7 Å². The summed E-state index contributed by atoms with van der Waals surface area (Å²) in [5.74, 6) is 1.52. The summed E-state index contributed by atoms with van der Waals surface area (Å²) in [6.45, 7) is 2.75. The van der Waals surface area contributed by atoms with Gasteiger partial charge in [0.05, 0.1) is 0 Å². The molecule has 2 fully saturated rings. The highest BCUT2D eigenvalue weighted by Crippen LogP contribution is 2.28. The molecule has 0 saturated heterocycles. The van der Waals surface area contributed by atoms with E-state index < -0.39 is 0 Å². The monoisotopic (exact) mass is 344 g/mol. The molecule has 5 heteroatoms. The Hall–Kier alpha value is -2.04. The number of amides is 2. The van der Waals surface area contributed by atoms with Gasteiger partial charge in [-0.2, -0.15) is 0 Å². The van der Waals surface area contributed by atoms with Crippen LogP contribution in [0.2, 0.25) is 0 Å². The SMILES string of the molecule is C[C@H]1CCC[C@@H](C(=O)NCc2cccc(OCC(=O)NC3CC3)c2)C1. The van der Waals surface area contributed by atoms with Crippen molar-refractivity contribution in [2.75, 3.05) is 6.61 Å². The average molecular weight is 344 g/mol. The van der Waals surface area contributed by atoms with E-state index in [9.17, 15) is 9.59 Å². The topological polar surface area (TPSA) is 67.4 Å². The Morgan fingerprint density at radius 1 is 1.20 bits per heavy atom. The summed E-state index contributed by atoms with van der Waals surface area (Å²) in [7, 11) is 0. The Morgan fingerprint density at radius 3 is 2.80 bits per heavy atom. The third-order valence-electron chi connectivity index (χ3n) is 4.98. The summed E-state index contributed by atoms with van der Waals surface area (Å²) in [6.07, 6.45) is 6.50. The summed E-state index contributed by atoms with van der Waals surface area (Å²) in [5, 5.41) is 5.94. The smallest absolute Gasteiger partial charge is 0.258 e. The van der Waals surface area contributed by atoms with Gasteiger partial charge >= 0.3 is 0 Å².